The molecule has 0 spiro atoms. The summed E-state index contributed by atoms with van der Waals surface area (Å²) in [6.07, 6.45) is 12.5. The van der Waals surface area contributed by atoms with Crippen LogP contribution in [-0.4, -0.2) is 81.5 Å². The monoisotopic (exact) mass is 513 g/mol. The van der Waals surface area contributed by atoms with E-state index in [1.807, 2.05) is 18.6 Å². The van der Waals surface area contributed by atoms with E-state index < -0.39 is 0 Å². The molecule has 38 heavy (non-hydrogen) atoms. The summed E-state index contributed by atoms with van der Waals surface area (Å²) in [7, 11) is 4.26. The molecule has 4 aromatic rings. The number of nitrogens with zero attached hydrogens (tertiary/aromatic N) is 6. The molecule has 0 amide bonds. The second kappa shape index (κ2) is 11.0. The van der Waals surface area contributed by atoms with E-state index in [-0.39, 0.29) is 0 Å². The molecule has 2 aliphatic heterocycles. The molecular weight excluding hydrogens is 474 g/mol. The number of rotatable bonds is 7. The number of aromatic nitrogens is 5. The average Bonchev–Trinajstić information content (AvgIpc) is 3.60. The van der Waals surface area contributed by atoms with Crippen LogP contribution in [0.2, 0.25) is 0 Å². The molecule has 5 heterocycles. The molecule has 0 saturated carbocycles. The second-order valence-corrected chi connectivity index (χ2v) is 11.1. The minimum absolute atomic E-state index is 0.461. The number of aromatic amines is 1. The number of nitrogens with one attached hydrogen (secondary N) is 1. The van der Waals surface area contributed by atoms with Crippen molar-refractivity contribution in [1.82, 2.24) is 34.5 Å². The number of benzene rings is 1. The fourth-order valence-electron chi connectivity index (χ4n) is 6.08. The quantitative estimate of drug-likeness (QED) is 0.371. The molecule has 8 nitrogen and oxygen atoms in total. The van der Waals surface area contributed by atoms with Crippen LogP contribution in [-0.2, 0) is 11.3 Å². The first kappa shape index (κ1) is 25.2. The van der Waals surface area contributed by atoms with Crippen molar-refractivity contribution >= 4 is 11.2 Å². The van der Waals surface area contributed by atoms with Gasteiger partial charge in [-0.15, -0.1) is 0 Å². The van der Waals surface area contributed by atoms with E-state index in [1.54, 1.807) is 0 Å². The molecule has 2 fully saturated rings. The number of hydrogen-bond donors (Lipinski definition) is 1. The third-order valence-electron chi connectivity index (χ3n) is 8.26. The minimum Gasteiger partial charge on any atom is -0.381 e. The molecule has 200 valence electrons. The summed E-state index contributed by atoms with van der Waals surface area (Å²) in [5.74, 6) is 0.559. The maximum atomic E-state index is 5.62. The van der Waals surface area contributed by atoms with Gasteiger partial charge < -0.3 is 19.5 Å². The van der Waals surface area contributed by atoms with E-state index in [0.717, 1.165) is 98.6 Å². The lowest BCUT2D eigenvalue weighted by Crippen LogP contribution is -2.34. The predicted octanol–water partition coefficient (Wildman–Crippen LogP) is 5.10. The van der Waals surface area contributed by atoms with Gasteiger partial charge in [-0.1, -0.05) is 19.1 Å². The highest BCUT2D eigenvalue weighted by Crippen LogP contribution is 2.34. The normalized spacial score (nSPS) is 18.1. The van der Waals surface area contributed by atoms with Gasteiger partial charge in [0.15, 0.2) is 5.65 Å². The summed E-state index contributed by atoms with van der Waals surface area (Å²) in [6.45, 7) is 8.25. The standard InChI is InChI=1S/C30H39N7O/c1-4-36-11-7-25(8-12-36)37-20-24(16-33-37)27-17-31-30-29(27)34-28(18-32-30)22-5-6-26(21-9-13-38-14-10-21)23(15-22)19-35(2)3/h5-6,15-18,20-21,25H,4,7-14,19H2,1-3H3,(H,31,32). The van der Waals surface area contributed by atoms with E-state index >= 15 is 0 Å². The zero-order chi connectivity index (χ0) is 26.1. The fraction of sp³-hybridized carbons (Fsp3) is 0.500. The van der Waals surface area contributed by atoms with Crippen molar-refractivity contribution in [2.24, 2.45) is 0 Å². The van der Waals surface area contributed by atoms with Crippen LogP contribution in [0.1, 0.15) is 55.7 Å². The molecule has 0 atom stereocenters. The van der Waals surface area contributed by atoms with Gasteiger partial charge in [-0.25, -0.2) is 9.97 Å². The Bertz CT molecular complexity index is 1380. The van der Waals surface area contributed by atoms with Crippen molar-refractivity contribution in [3.8, 4) is 22.4 Å². The van der Waals surface area contributed by atoms with Gasteiger partial charge in [0.05, 0.1) is 24.1 Å². The molecule has 3 aromatic heterocycles. The summed E-state index contributed by atoms with van der Waals surface area (Å²) in [5.41, 5.74) is 8.66. The van der Waals surface area contributed by atoms with E-state index in [1.165, 1.54) is 11.1 Å². The van der Waals surface area contributed by atoms with Crippen molar-refractivity contribution in [3.05, 3.63) is 54.1 Å². The van der Waals surface area contributed by atoms with Gasteiger partial charge in [0.2, 0.25) is 0 Å². The maximum Gasteiger partial charge on any atom is 0.156 e. The third kappa shape index (κ3) is 5.13. The summed E-state index contributed by atoms with van der Waals surface area (Å²) in [6, 6.07) is 7.30. The van der Waals surface area contributed by atoms with Crippen LogP contribution in [0.15, 0.2) is 43.0 Å². The molecule has 2 aliphatic rings. The zero-order valence-corrected chi connectivity index (χ0v) is 22.9. The van der Waals surface area contributed by atoms with Crippen LogP contribution in [0.3, 0.4) is 0 Å². The molecule has 0 bridgehead atoms. The Morgan fingerprint density at radius 3 is 2.63 bits per heavy atom. The Hall–Kier alpha value is -3.07. The van der Waals surface area contributed by atoms with Crippen LogP contribution in [0.25, 0.3) is 33.5 Å². The summed E-state index contributed by atoms with van der Waals surface area (Å²) in [5, 5.41) is 4.75. The highest BCUT2D eigenvalue weighted by Gasteiger charge is 2.22. The van der Waals surface area contributed by atoms with E-state index in [0.29, 0.717) is 12.0 Å². The van der Waals surface area contributed by atoms with Crippen molar-refractivity contribution < 1.29 is 4.74 Å². The maximum absolute atomic E-state index is 5.62. The zero-order valence-electron chi connectivity index (χ0n) is 22.9. The van der Waals surface area contributed by atoms with Gasteiger partial charge >= 0.3 is 0 Å². The Morgan fingerprint density at radius 1 is 1.05 bits per heavy atom. The number of piperidine rings is 1. The first-order valence-electron chi connectivity index (χ1n) is 14.1. The number of likely N-dealkylation sites (tertiary alicyclic amines) is 1. The van der Waals surface area contributed by atoms with Gasteiger partial charge in [0, 0.05) is 61.9 Å². The smallest absolute Gasteiger partial charge is 0.156 e. The Kier molecular flexibility index (Phi) is 7.28. The molecule has 1 N–H and O–H groups in total. The molecule has 0 radical (unpaired) electrons. The van der Waals surface area contributed by atoms with Crippen LogP contribution in [0.4, 0.5) is 0 Å². The number of ether oxygens (including phenoxy) is 1. The highest BCUT2D eigenvalue weighted by molar-refractivity contribution is 5.91. The van der Waals surface area contributed by atoms with Crippen LogP contribution in [0.5, 0.6) is 0 Å². The highest BCUT2D eigenvalue weighted by atomic mass is 16.5. The fourth-order valence-corrected chi connectivity index (χ4v) is 6.08. The Labute approximate surface area is 225 Å². The molecule has 8 heteroatoms. The van der Waals surface area contributed by atoms with Gasteiger partial charge in [-0.3, -0.25) is 4.68 Å². The van der Waals surface area contributed by atoms with Gasteiger partial charge in [-0.05, 0) is 69.4 Å². The van der Waals surface area contributed by atoms with Gasteiger partial charge in [0.25, 0.3) is 0 Å². The number of fused-ring (bicyclic) bond motifs is 1. The van der Waals surface area contributed by atoms with E-state index in [4.69, 9.17) is 19.8 Å². The van der Waals surface area contributed by atoms with Crippen molar-refractivity contribution in [2.45, 2.75) is 51.1 Å². The average molecular weight is 514 g/mol. The largest absolute Gasteiger partial charge is 0.381 e. The molecule has 6 rings (SSSR count). The predicted molar refractivity (Wildman–Crippen MR) is 151 cm³/mol. The summed E-state index contributed by atoms with van der Waals surface area (Å²) >= 11 is 0. The van der Waals surface area contributed by atoms with Crippen LogP contribution >= 0.6 is 0 Å². The molecule has 1 aromatic carbocycles. The van der Waals surface area contributed by atoms with E-state index in [9.17, 15) is 0 Å². The lowest BCUT2D eigenvalue weighted by molar-refractivity contribution is 0.0850. The molecule has 0 aliphatic carbocycles. The SMILES string of the molecule is CCN1CCC(n2cc(-c3c[nH]c4ncc(-c5ccc(C6CCOCC6)c(CN(C)C)c5)nc34)cn2)CC1. The van der Waals surface area contributed by atoms with Crippen molar-refractivity contribution in [1.29, 1.82) is 0 Å². The Morgan fingerprint density at radius 2 is 1.87 bits per heavy atom. The van der Waals surface area contributed by atoms with E-state index in [2.05, 4.69) is 64.9 Å². The summed E-state index contributed by atoms with van der Waals surface area (Å²) < 4.78 is 7.78. The van der Waals surface area contributed by atoms with Gasteiger partial charge in [-0.2, -0.15) is 5.10 Å². The van der Waals surface area contributed by atoms with Crippen LogP contribution in [0, 0.1) is 0 Å². The topological polar surface area (TPSA) is 75.1 Å². The molecule has 2 saturated heterocycles. The number of hydrogen-bond acceptors (Lipinski definition) is 6. The first-order valence-corrected chi connectivity index (χ1v) is 14.1. The Balaban J connectivity index is 1.30. The number of H-pyrrole nitrogens is 1. The summed E-state index contributed by atoms with van der Waals surface area (Å²) in [4.78, 5) is 17.9. The third-order valence-corrected chi connectivity index (χ3v) is 8.26. The minimum atomic E-state index is 0.461. The second-order valence-electron chi connectivity index (χ2n) is 11.1. The lowest BCUT2D eigenvalue weighted by Gasteiger charge is -2.31. The van der Waals surface area contributed by atoms with Crippen molar-refractivity contribution in [3.63, 3.8) is 0 Å². The first-order chi connectivity index (χ1) is 18.6. The molecular formula is C30H39N7O. The van der Waals surface area contributed by atoms with Crippen LogP contribution < -0.4 is 0 Å². The van der Waals surface area contributed by atoms with Gasteiger partial charge in [0.1, 0.15) is 5.52 Å². The molecule has 0 unspecified atom stereocenters. The van der Waals surface area contributed by atoms with Crippen molar-refractivity contribution in [2.75, 3.05) is 46.9 Å². The lowest BCUT2D eigenvalue weighted by atomic mass is 9.87.